The van der Waals surface area contributed by atoms with Crippen molar-refractivity contribution in [2.24, 2.45) is 0 Å². The first kappa shape index (κ1) is 24.2. The van der Waals surface area contributed by atoms with Crippen LogP contribution in [0.2, 0.25) is 0 Å². The summed E-state index contributed by atoms with van der Waals surface area (Å²) in [6.45, 7) is 5.87. The first-order chi connectivity index (χ1) is 12.2. The zero-order valence-corrected chi connectivity index (χ0v) is 16.7. The molecule has 0 saturated heterocycles. The Kier molecular flexibility index (Phi) is 18.8. The molecule has 3 nitrogen and oxygen atoms in total. The lowest BCUT2D eigenvalue weighted by molar-refractivity contribution is -0.122. The molecule has 0 aromatic carbocycles. The van der Waals surface area contributed by atoms with Crippen LogP contribution in [-0.4, -0.2) is 23.7 Å². The molecule has 0 aliphatic rings. The Morgan fingerprint density at radius 1 is 0.920 bits per heavy atom. The summed E-state index contributed by atoms with van der Waals surface area (Å²) in [5.74, 6) is 0.0978. The van der Waals surface area contributed by atoms with Crippen molar-refractivity contribution in [1.82, 2.24) is 5.32 Å². The van der Waals surface area contributed by atoms with Crippen LogP contribution in [0.1, 0.15) is 110 Å². The molecule has 0 aliphatic carbocycles. The molecule has 0 saturated carbocycles. The van der Waals surface area contributed by atoms with Gasteiger partial charge in [-0.2, -0.15) is 0 Å². The molecule has 0 aromatic rings. The fourth-order valence-electron chi connectivity index (χ4n) is 3.20. The summed E-state index contributed by atoms with van der Waals surface area (Å²) in [6.07, 6.45) is 21.2. The molecule has 1 amide bonds. The highest BCUT2D eigenvalue weighted by molar-refractivity contribution is 5.76. The molecule has 148 valence electrons. The van der Waals surface area contributed by atoms with Crippen LogP contribution in [0.25, 0.3) is 0 Å². The summed E-state index contributed by atoms with van der Waals surface area (Å²) in [6, 6.07) is -0.0560. The van der Waals surface area contributed by atoms with Gasteiger partial charge in [0.25, 0.3) is 0 Å². The Labute approximate surface area is 156 Å². The van der Waals surface area contributed by atoms with E-state index in [1.807, 2.05) is 6.08 Å². The SMILES string of the molecule is C=CCCCCCCCCCCCCCCC(=O)NC(CO)CCC. The number of hydrogen-bond donors (Lipinski definition) is 2. The number of carbonyl (C=O) groups is 1. The molecule has 0 fully saturated rings. The maximum atomic E-state index is 11.8. The zero-order chi connectivity index (χ0) is 18.6. The number of hydrogen-bond acceptors (Lipinski definition) is 2. The predicted octanol–water partition coefficient (Wildman–Crippen LogP) is 5.91. The van der Waals surface area contributed by atoms with E-state index < -0.39 is 0 Å². The highest BCUT2D eigenvalue weighted by Gasteiger charge is 2.09. The predicted molar refractivity (Wildman–Crippen MR) is 109 cm³/mol. The van der Waals surface area contributed by atoms with E-state index >= 15 is 0 Å². The van der Waals surface area contributed by atoms with Gasteiger partial charge in [-0.25, -0.2) is 0 Å². The summed E-state index contributed by atoms with van der Waals surface area (Å²) in [7, 11) is 0. The highest BCUT2D eigenvalue weighted by Crippen LogP contribution is 2.13. The molecule has 0 rings (SSSR count). The van der Waals surface area contributed by atoms with E-state index in [-0.39, 0.29) is 18.6 Å². The molecule has 25 heavy (non-hydrogen) atoms. The van der Waals surface area contributed by atoms with Gasteiger partial charge in [-0.1, -0.05) is 83.6 Å². The Hall–Kier alpha value is -0.830. The monoisotopic (exact) mass is 353 g/mol. The molecule has 1 unspecified atom stereocenters. The third kappa shape index (κ3) is 17.8. The van der Waals surface area contributed by atoms with Crippen LogP contribution >= 0.6 is 0 Å². The van der Waals surface area contributed by atoms with E-state index in [9.17, 15) is 9.90 Å². The van der Waals surface area contributed by atoms with E-state index in [4.69, 9.17) is 0 Å². The summed E-state index contributed by atoms with van der Waals surface area (Å²) < 4.78 is 0. The van der Waals surface area contributed by atoms with Crippen molar-refractivity contribution >= 4 is 5.91 Å². The van der Waals surface area contributed by atoms with Crippen LogP contribution in [0.15, 0.2) is 12.7 Å². The largest absolute Gasteiger partial charge is 0.394 e. The molecule has 3 heteroatoms. The quantitative estimate of drug-likeness (QED) is 0.224. The Balaban J connectivity index is 3.25. The van der Waals surface area contributed by atoms with Gasteiger partial charge < -0.3 is 10.4 Å². The van der Waals surface area contributed by atoms with Gasteiger partial charge in [0.2, 0.25) is 5.91 Å². The maximum Gasteiger partial charge on any atom is 0.220 e. The Morgan fingerprint density at radius 2 is 1.40 bits per heavy atom. The van der Waals surface area contributed by atoms with Crippen molar-refractivity contribution in [3.8, 4) is 0 Å². The van der Waals surface area contributed by atoms with Crippen molar-refractivity contribution in [1.29, 1.82) is 0 Å². The highest BCUT2D eigenvalue weighted by atomic mass is 16.3. The zero-order valence-electron chi connectivity index (χ0n) is 16.7. The fourth-order valence-corrected chi connectivity index (χ4v) is 3.20. The lowest BCUT2D eigenvalue weighted by Crippen LogP contribution is -2.37. The minimum absolute atomic E-state index is 0.0500. The first-order valence-corrected chi connectivity index (χ1v) is 10.8. The number of amides is 1. The molecule has 2 N–H and O–H groups in total. The second kappa shape index (κ2) is 19.5. The number of unbranched alkanes of at least 4 members (excludes halogenated alkanes) is 12. The number of aliphatic hydroxyl groups excluding tert-OH is 1. The molecule has 0 radical (unpaired) electrons. The van der Waals surface area contributed by atoms with Gasteiger partial charge in [0, 0.05) is 6.42 Å². The Bertz CT molecular complexity index is 304. The van der Waals surface area contributed by atoms with Gasteiger partial charge in [0.1, 0.15) is 0 Å². The average Bonchev–Trinajstić information content (AvgIpc) is 2.61. The molecule has 0 spiro atoms. The van der Waals surface area contributed by atoms with Crippen LogP contribution < -0.4 is 5.32 Å². The van der Waals surface area contributed by atoms with Crippen LogP contribution in [0.5, 0.6) is 0 Å². The molecule has 0 heterocycles. The van der Waals surface area contributed by atoms with Gasteiger partial charge in [0.05, 0.1) is 12.6 Å². The number of nitrogens with one attached hydrogen (secondary N) is 1. The maximum absolute atomic E-state index is 11.8. The summed E-state index contributed by atoms with van der Waals surface area (Å²) in [4.78, 5) is 11.8. The van der Waals surface area contributed by atoms with Crippen molar-refractivity contribution in [3.05, 3.63) is 12.7 Å². The smallest absolute Gasteiger partial charge is 0.220 e. The Morgan fingerprint density at radius 3 is 1.84 bits per heavy atom. The number of allylic oxidation sites excluding steroid dienone is 1. The summed E-state index contributed by atoms with van der Waals surface area (Å²) in [5, 5.41) is 12.1. The number of rotatable bonds is 19. The van der Waals surface area contributed by atoms with Crippen LogP contribution in [-0.2, 0) is 4.79 Å². The van der Waals surface area contributed by atoms with Gasteiger partial charge in [0.15, 0.2) is 0 Å². The van der Waals surface area contributed by atoms with E-state index in [0.29, 0.717) is 6.42 Å². The van der Waals surface area contributed by atoms with Crippen LogP contribution in [0.3, 0.4) is 0 Å². The summed E-state index contributed by atoms with van der Waals surface area (Å²) in [5.41, 5.74) is 0. The molecule has 0 bridgehead atoms. The molecule has 0 aliphatic heterocycles. The lowest BCUT2D eigenvalue weighted by atomic mass is 10.0. The van der Waals surface area contributed by atoms with E-state index in [1.54, 1.807) is 0 Å². The topological polar surface area (TPSA) is 49.3 Å². The molecular weight excluding hydrogens is 310 g/mol. The average molecular weight is 354 g/mol. The molecular formula is C22H43NO2. The first-order valence-electron chi connectivity index (χ1n) is 10.8. The van der Waals surface area contributed by atoms with E-state index in [0.717, 1.165) is 25.7 Å². The van der Waals surface area contributed by atoms with Crippen molar-refractivity contribution in [2.45, 2.75) is 116 Å². The molecule has 0 aromatic heterocycles. The second-order valence-corrected chi connectivity index (χ2v) is 7.31. The fraction of sp³-hybridized carbons (Fsp3) is 0.864. The molecule has 1 atom stereocenters. The normalized spacial score (nSPS) is 12.1. The van der Waals surface area contributed by atoms with Crippen LogP contribution in [0, 0.1) is 0 Å². The third-order valence-electron chi connectivity index (χ3n) is 4.78. The van der Waals surface area contributed by atoms with Gasteiger partial charge >= 0.3 is 0 Å². The number of aliphatic hydroxyl groups is 1. The van der Waals surface area contributed by atoms with Crippen molar-refractivity contribution in [3.63, 3.8) is 0 Å². The van der Waals surface area contributed by atoms with Gasteiger partial charge in [-0.3, -0.25) is 4.79 Å². The van der Waals surface area contributed by atoms with Crippen LogP contribution in [0.4, 0.5) is 0 Å². The third-order valence-corrected chi connectivity index (χ3v) is 4.78. The summed E-state index contributed by atoms with van der Waals surface area (Å²) >= 11 is 0. The second-order valence-electron chi connectivity index (χ2n) is 7.31. The van der Waals surface area contributed by atoms with Crippen molar-refractivity contribution in [2.75, 3.05) is 6.61 Å². The minimum Gasteiger partial charge on any atom is -0.394 e. The number of carbonyl (C=O) groups excluding carboxylic acids is 1. The van der Waals surface area contributed by atoms with E-state index in [2.05, 4.69) is 18.8 Å². The van der Waals surface area contributed by atoms with Gasteiger partial charge in [-0.15, -0.1) is 6.58 Å². The van der Waals surface area contributed by atoms with E-state index in [1.165, 1.54) is 70.6 Å². The lowest BCUT2D eigenvalue weighted by Gasteiger charge is -2.15. The standard InChI is InChI=1S/C22H43NO2/c1-3-5-6-7-8-9-10-11-12-13-14-15-16-17-19-22(25)23-21(20-24)18-4-2/h3,21,24H,1,4-20H2,2H3,(H,23,25). The minimum atomic E-state index is -0.0560. The van der Waals surface area contributed by atoms with Gasteiger partial charge in [-0.05, 0) is 25.7 Å². The van der Waals surface area contributed by atoms with Crippen molar-refractivity contribution < 1.29 is 9.90 Å².